The maximum absolute atomic E-state index is 6.22. The van der Waals surface area contributed by atoms with Gasteiger partial charge in [-0.25, -0.2) is 0 Å². The van der Waals surface area contributed by atoms with Crippen molar-refractivity contribution >= 4 is 23.1 Å². The van der Waals surface area contributed by atoms with Gasteiger partial charge in [0.15, 0.2) is 11.5 Å². The van der Waals surface area contributed by atoms with Crippen LogP contribution in [0.1, 0.15) is 0 Å². The second kappa shape index (κ2) is 8.63. The van der Waals surface area contributed by atoms with Gasteiger partial charge in [0.05, 0.1) is 21.2 Å². The molecule has 144 valence electrons. The highest BCUT2D eigenvalue weighted by molar-refractivity contribution is 7.99. The molecule has 4 rings (SSSR count). The lowest BCUT2D eigenvalue weighted by molar-refractivity contribution is 0.471. The predicted molar refractivity (Wildman–Crippen MR) is 119 cm³/mol. The van der Waals surface area contributed by atoms with Crippen LogP contribution in [-0.2, 0) is 0 Å². The molecule has 0 amide bonds. The van der Waals surface area contributed by atoms with E-state index in [1.54, 1.807) is 0 Å². The van der Waals surface area contributed by atoms with Gasteiger partial charge in [-0.1, -0.05) is 60.3 Å². The Labute approximate surface area is 174 Å². The normalized spacial score (nSPS) is 10.5. The van der Waals surface area contributed by atoms with Crippen LogP contribution in [0.5, 0.6) is 23.0 Å². The molecule has 0 saturated heterocycles. The minimum Gasteiger partial charge on any atom is -0.454 e. The third-order valence-corrected chi connectivity index (χ3v) is 5.25. The molecule has 5 heteroatoms. The van der Waals surface area contributed by atoms with Crippen LogP contribution in [0.15, 0.2) is 107 Å². The molecule has 0 saturated carbocycles. The Morgan fingerprint density at radius 1 is 0.483 bits per heavy atom. The second-order valence-corrected chi connectivity index (χ2v) is 7.37. The number of ether oxygens (including phenoxy) is 2. The van der Waals surface area contributed by atoms with Crippen LogP contribution in [0.4, 0.5) is 11.4 Å². The first-order valence-corrected chi connectivity index (χ1v) is 9.93. The Kier molecular flexibility index (Phi) is 5.59. The van der Waals surface area contributed by atoms with E-state index in [1.165, 1.54) is 11.8 Å². The summed E-state index contributed by atoms with van der Waals surface area (Å²) in [6.45, 7) is 0. The summed E-state index contributed by atoms with van der Waals surface area (Å²) in [5, 5.41) is 0. The number of rotatable bonds is 6. The summed E-state index contributed by atoms with van der Waals surface area (Å²) >= 11 is 1.50. The predicted octanol–water partition coefficient (Wildman–Crippen LogP) is 6.59. The Morgan fingerprint density at radius 2 is 0.897 bits per heavy atom. The van der Waals surface area contributed by atoms with E-state index in [-0.39, 0.29) is 0 Å². The van der Waals surface area contributed by atoms with Crippen LogP contribution >= 0.6 is 11.8 Å². The van der Waals surface area contributed by atoms with Gasteiger partial charge in [-0.2, -0.15) is 0 Å². The largest absolute Gasteiger partial charge is 0.454 e. The summed E-state index contributed by atoms with van der Waals surface area (Å²) in [6, 6.07) is 30.5. The zero-order valence-corrected chi connectivity index (χ0v) is 16.4. The van der Waals surface area contributed by atoms with E-state index in [0.717, 1.165) is 21.3 Å². The van der Waals surface area contributed by atoms with Gasteiger partial charge in [0.1, 0.15) is 11.5 Å². The monoisotopic (exact) mass is 400 g/mol. The Balaban J connectivity index is 1.68. The van der Waals surface area contributed by atoms with E-state index in [9.17, 15) is 0 Å². The zero-order chi connectivity index (χ0) is 20.1. The first kappa shape index (κ1) is 18.8. The van der Waals surface area contributed by atoms with Crippen molar-refractivity contribution in [1.29, 1.82) is 0 Å². The molecule has 4 N–H and O–H groups in total. The maximum atomic E-state index is 6.22. The average molecular weight is 401 g/mol. The van der Waals surface area contributed by atoms with E-state index < -0.39 is 0 Å². The van der Waals surface area contributed by atoms with Gasteiger partial charge in [0, 0.05) is 0 Å². The summed E-state index contributed by atoms with van der Waals surface area (Å²) in [4.78, 5) is 1.75. The fourth-order valence-electron chi connectivity index (χ4n) is 2.78. The number of nitrogens with two attached hydrogens (primary N) is 2. The van der Waals surface area contributed by atoms with E-state index in [0.29, 0.717) is 22.9 Å². The van der Waals surface area contributed by atoms with Crippen molar-refractivity contribution in [3.8, 4) is 23.0 Å². The van der Waals surface area contributed by atoms with E-state index in [4.69, 9.17) is 20.9 Å². The third kappa shape index (κ3) is 4.47. The molecule has 0 aliphatic rings. The van der Waals surface area contributed by atoms with Gasteiger partial charge < -0.3 is 20.9 Å². The van der Waals surface area contributed by atoms with Crippen molar-refractivity contribution in [2.75, 3.05) is 11.5 Å². The van der Waals surface area contributed by atoms with Crippen molar-refractivity contribution in [2.24, 2.45) is 0 Å². The second-order valence-electron chi connectivity index (χ2n) is 6.28. The smallest absolute Gasteiger partial charge is 0.164 e. The van der Waals surface area contributed by atoms with Crippen LogP contribution in [0, 0.1) is 0 Å². The van der Waals surface area contributed by atoms with Crippen molar-refractivity contribution in [2.45, 2.75) is 9.79 Å². The molecule has 0 radical (unpaired) electrons. The highest BCUT2D eigenvalue weighted by atomic mass is 32.2. The summed E-state index contributed by atoms with van der Waals surface area (Å²) < 4.78 is 12.2. The molecular formula is C24H20N2O2S. The van der Waals surface area contributed by atoms with E-state index in [2.05, 4.69) is 0 Å². The first-order valence-electron chi connectivity index (χ1n) is 9.11. The number of hydrogen-bond acceptors (Lipinski definition) is 5. The minimum absolute atomic E-state index is 0.563. The van der Waals surface area contributed by atoms with Gasteiger partial charge in [-0.15, -0.1) is 0 Å². The SMILES string of the molecule is Nc1cccc(Sc2cccc(N)c2Oc2ccccc2)c1Oc1ccccc1. The van der Waals surface area contributed by atoms with Crippen LogP contribution in [0.25, 0.3) is 0 Å². The Hall–Kier alpha value is -3.57. The molecule has 0 unspecified atom stereocenters. The molecule has 0 fully saturated rings. The first-order chi connectivity index (χ1) is 14.2. The molecule has 4 aromatic carbocycles. The lowest BCUT2D eigenvalue weighted by Gasteiger charge is -2.16. The summed E-state index contributed by atoms with van der Waals surface area (Å²) in [5.41, 5.74) is 13.6. The molecular weight excluding hydrogens is 380 g/mol. The number of hydrogen-bond donors (Lipinski definition) is 2. The molecule has 4 aromatic rings. The van der Waals surface area contributed by atoms with Crippen molar-refractivity contribution in [1.82, 2.24) is 0 Å². The fourth-order valence-corrected chi connectivity index (χ4v) is 3.81. The number of anilines is 2. The summed E-state index contributed by atoms with van der Waals surface area (Å²) in [5.74, 6) is 2.66. The fraction of sp³-hybridized carbons (Fsp3) is 0. The third-order valence-electron chi connectivity index (χ3n) is 4.16. The molecule has 0 heterocycles. The molecule has 0 aromatic heterocycles. The van der Waals surface area contributed by atoms with Crippen LogP contribution in [0.3, 0.4) is 0 Å². The Morgan fingerprint density at radius 3 is 1.31 bits per heavy atom. The minimum atomic E-state index is 0.563. The molecule has 0 atom stereocenters. The van der Waals surface area contributed by atoms with Crippen LogP contribution < -0.4 is 20.9 Å². The maximum Gasteiger partial charge on any atom is 0.164 e. The molecule has 4 nitrogen and oxygen atoms in total. The van der Waals surface area contributed by atoms with Crippen LogP contribution in [-0.4, -0.2) is 0 Å². The van der Waals surface area contributed by atoms with Gasteiger partial charge in [0.2, 0.25) is 0 Å². The summed E-state index contributed by atoms with van der Waals surface area (Å²) in [6.07, 6.45) is 0. The quantitative estimate of drug-likeness (QED) is 0.357. The number of para-hydroxylation sites is 4. The lowest BCUT2D eigenvalue weighted by atomic mass is 10.3. The van der Waals surface area contributed by atoms with E-state index >= 15 is 0 Å². The van der Waals surface area contributed by atoms with Gasteiger partial charge in [0.25, 0.3) is 0 Å². The molecule has 0 spiro atoms. The zero-order valence-electron chi connectivity index (χ0n) is 15.6. The van der Waals surface area contributed by atoms with Crippen molar-refractivity contribution in [3.63, 3.8) is 0 Å². The lowest BCUT2D eigenvalue weighted by Crippen LogP contribution is -1.96. The molecule has 0 bridgehead atoms. The molecule has 0 aliphatic heterocycles. The average Bonchev–Trinajstić information content (AvgIpc) is 2.74. The van der Waals surface area contributed by atoms with Gasteiger partial charge >= 0.3 is 0 Å². The Bertz CT molecular complexity index is 1010. The van der Waals surface area contributed by atoms with Gasteiger partial charge in [-0.3, -0.25) is 0 Å². The molecule has 29 heavy (non-hydrogen) atoms. The van der Waals surface area contributed by atoms with Crippen LogP contribution in [0.2, 0.25) is 0 Å². The standard InChI is InChI=1S/C24H20N2O2S/c25-19-13-7-15-21(23(19)27-17-9-3-1-4-10-17)29-22-16-8-14-20(26)24(22)28-18-11-5-2-6-12-18/h1-16H,25-26H2. The van der Waals surface area contributed by atoms with E-state index in [1.807, 2.05) is 97.1 Å². The highest BCUT2D eigenvalue weighted by Gasteiger charge is 2.15. The summed E-state index contributed by atoms with van der Waals surface area (Å²) in [7, 11) is 0. The molecule has 0 aliphatic carbocycles. The van der Waals surface area contributed by atoms with Gasteiger partial charge in [-0.05, 0) is 48.5 Å². The highest BCUT2D eigenvalue weighted by Crippen LogP contribution is 2.45. The topological polar surface area (TPSA) is 70.5 Å². The van der Waals surface area contributed by atoms with Crippen molar-refractivity contribution < 1.29 is 9.47 Å². The number of nitrogen functional groups attached to an aromatic ring is 2. The number of benzene rings is 4. The van der Waals surface area contributed by atoms with Crippen molar-refractivity contribution in [3.05, 3.63) is 97.1 Å².